The van der Waals surface area contributed by atoms with E-state index in [-0.39, 0.29) is 23.3 Å². The van der Waals surface area contributed by atoms with Crippen LogP contribution in [0.5, 0.6) is 5.75 Å². The predicted octanol–water partition coefficient (Wildman–Crippen LogP) is 3.17. The Labute approximate surface area is 193 Å². The number of aromatic nitrogens is 3. The highest BCUT2D eigenvalue weighted by molar-refractivity contribution is 6.30. The molecule has 3 aromatic rings. The molecule has 1 aliphatic heterocycles. The largest absolute Gasteiger partial charge is 0.507 e. The van der Waals surface area contributed by atoms with Gasteiger partial charge >= 0.3 is 0 Å². The number of phenolic OH excluding ortho intramolecular Hbond substituents is 1. The molecule has 2 aromatic carbocycles. The fourth-order valence-corrected chi connectivity index (χ4v) is 3.14. The molecule has 12 nitrogen and oxygen atoms in total. The number of nitro benzene ring substituents is 1. The first-order chi connectivity index (χ1) is 16.0. The van der Waals surface area contributed by atoms with Gasteiger partial charge in [0.1, 0.15) is 5.75 Å². The topological polar surface area (TPSA) is 151 Å². The first-order valence-corrected chi connectivity index (χ1v) is 10.2. The smallest absolute Gasteiger partial charge is 0.269 e. The van der Waals surface area contributed by atoms with Crippen molar-refractivity contribution in [3.63, 3.8) is 0 Å². The van der Waals surface area contributed by atoms with E-state index in [2.05, 4.69) is 30.8 Å². The Bertz CT molecular complexity index is 1170. The molecule has 4 rings (SSSR count). The van der Waals surface area contributed by atoms with E-state index in [0.29, 0.717) is 48.5 Å². The Hall–Kier alpha value is -4.03. The zero-order valence-electron chi connectivity index (χ0n) is 17.2. The van der Waals surface area contributed by atoms with Crippen LogP contribution in [0.3, 0.4) is 0 Å². The summed E-state index contributed by atoms with van der Waals surface area (Å²) in [5.41, 5.74) is 3.70. The van der Waals surface area contributed by atoms with Crippen molar-refractivity contribution in [3.8, 4) is 5.75 Å². The van der Waals surface area contributed by atoms with Crippen molar-refractivity contribution in [3.05, 3.63) is 63.2 Å². The third-order valence-electron chi connectivity index (χ3n) is 4.61. The number of non-ortho nitro benzene ring substituents is 1. The molecule has 0 saturated carbocycles. The van der Waals surface area contributed by atoms with Gasteiger partial charge in [0.25, 0.3) is 5.69 Å². The number of hydrazone groups is 1. The minimum Gasteiger partial charge on any atom is -0.507 e. The van der Waals surface area contributed by atoms with Crippen molar-refractivity contribution in [2.24, 2.45) is 5.10 Å². The lowest BCUT2D eigenvalue weighted by Crippen LogP contribution is -2.37. The molecule has 0 spiro atoms. The molecule has 1 saturated heterocycles. The van der Waals surface area contributed by atoms with E-state index >= 15 is 0 Å². The van der Waals surface area contributed by atoms with Crippen molar-refractivity contribution < 1.29 is 14.8 Å². The molecule has 13 heteroatoms. The molecule has 1 fully saturated rings. The fourth-order valence-electron chi connectivity index (χ4n) is 2.96. The quantitative estimate of drug-likeness (QED) is 0.266. The molecule has 0 aliphatic carbocycles. The third-order valence-corrected chi connectivity index (χ3v) is 4.84. The monoisotopic (exact) mass is 470 g/mol. The van der Waals surface area contributed by atoms with Gasteiger partial charge in [-0.05, 0) is 30.3 Å². The van der Waals surface area contributed by atoms with Crippen LogP contribution in [0.15, 0.2) is 47.6 Å². The molecule has 33 heavy (non-hydrogen) atoms. The van der Waals surface area contributed by atoms with Crippen molar-refractivity contribution in [1.29, 1.82) is 0 Å². The number of rotatable bonds is 7. The van der Waals surface area contributed by atoms with Gasteiger partial charge < -0.3 is 20.1 Å². The van der Waals surface area contributed by atoms with E-state index in [1.165, 1.54) is 24.4 Å². The summed E-state index contributed by atoms with van der Waals surface area (Å²) in [6.45, 7) is 2.32. The molecule has 0 bridgehead atoms. The fraction of sp³-hybridized carbons (Fsp3) is 0.200. The molecule has 3 N–H and O–H groups in total. The average Bonchev–Trinajstić information content (AvgIpc) is 2.82. The Morgan fingerprint density at radius 2 is 1.85 bits per heavy atom. The van der Waals surface area contributed by atoms with E-state index in [9.17, 15) is 15.2 Å². The first-order valence-electron chi connectivity index (χ1n) is 9.86. The van der Waals surface area contributed by atoms with Crippen LogP contribution >= 0.6 is 11.6 Å². The van der Waals surface area contributed by atoms with Crippen LogP contribution in [-0.2, 0) is 4.74 Å². The summed E-state index contributed by atoms with van der Waals surface area (Å²) in [5, 5.41) is 28.4. The van der Waals surface area contributed by atoms with E-state index < -0.39 is 4.92 Å². The second kappa shape index (κ2) is 10.1. The number of halogens is 1. The Kier molecular flexibility index (Phi) is 6.76. The molecule has 170 valence electrons. The SMILES string of the molecule is O=[N+]([O-])c1ccc(Nc2nc(N/N=C/c3cc(Cl)ccc3O)nc(N3CCOCC3)n2)cc1. The van der Waals surface area contributed by atoms with Crippen LogP contribution in [0.2, 0.25) is 5.02 Å². The van der Waals surface area contributed by atoms with E-state index in [4.69, 9.17) is 16.3 Å². The molecular weight excluding hydrogens is 452 g/mol. The normalized spacial score (nSPS) is 13.8. The molecule has 0 atom stereocenters. The minimum atomic E-state index is -0.471. The zero-order valence-corrected chi connectivity index (χ0v) is 17.9. The summed E-state index contributed by atoms with van der Waals surface area (Å²) >= 11 is 5.96. The van der Waals surface area contributed by atoms with Crippen LogP contribution in [0, 0.1) is 10.1 Å². The lowest BCUT2D eigenvalue weighted by Gasteiger charge is -2.27. The van der Waals surface area contributed by atoms with Crippen LogP contribution in [0.4, 0.5) is 29.2 Å². The number of anilines is 4. The average molecular weight is 471 g/mol. The van der Waals surface area contributed by atoms with Crippen LogP contribution < -0.4 is 15.6 Å². The van der Waals surface area contributed by atoms with Crippen LogP contribution in [0.25, 0.3) is 0 Å². The number of nitrogens with one attached hydrogen (secondary N) is 2. The van der Waals surface area contributed by atoms with Gasteiger partial charge in [0.15, 0.2) is 0 Å². The minimum absolute atomic E-state index is 0.0221. The van der Waals surface area contributed by atoms with Gasteiger partial charge in [0, 0.05) is 41.5 Å². The highest BCUT2D eigenvalue weighted by atomic mass is 35.5. The van der Waals surface area contributed by atoms with Crippen LogP contribution in [-0.4, -0.2) is 57.5 Å². The summed E-state index contributed by atoms with van der Waals surface area (Å²) in [6, 6.07) is 10.5. The summed E-state index contributed by atoms with van der Waals surface area (Å²) in [4.78, 5) is 25.5. The number of hydrogen-bond acceptors (Lipinski definition) is 11. The van der Waals surface area contributed by atoms with E-state index in [1.54, 1.807) is 24.3 Å². The number of aromatic hydroxyl groups is 1. The molecule has 1 aromatic heterocycles. The summed E-state index contributed by atoms with van der Waals surface area (Å²) in [5.74, 6) is 0.827. The van der Waals surface area contributed by atoms with Gasteiger partial charge in [-0.2, -0.15) is 20.1 Å². The lowest BCUT2D eigenvalue weighted by atomic mass is 10.2. The number of hydrogen-bond donors (Lipinski definition) is 3. The maximum atomic E-state index is 10.9. The van der Waals surface area contributed by atoms with Gasteiger partial charge in [-0.1, -0.05) is 11.6 Å². The number of nitrogens with zero attached hydrogens (tertiary/aromatic N) is 6. The van der Waals surface area contributed by atoms with Gasteiger partial charge in [0.05, 0.1) is 24.4 Å². The Morgan fingerprint density at radius 3 is 2.58 bits per heavy atom. The number of ether oxygens (including phenoxy) is 1. The predicted molar refractivity (Wildman–Crippen MR) is 124 cm³/mol. The number of nitro groups is 1. The highest BCUT2D eigenvalue weighted by Crippen LogP contribution is 2.22. The molecule has 2 heterocycles. The summed E-state index contributed by atoms with van der Waals surface area (Å²) in [7, 11) is 0. The van der Waals surface area contributed by atoms with Crippen molar-refractivity contribution >= 4 is 47.0 Å². The Balaban J connectivity index is 1.57. The third kappa shape index (κ3) is 5.81. The van der Waals surface area contributed by atoms with Gasteiger partial charge in [0.2, 0.25) is 17.8 Å². The molecular formula is C20H19ClN8O4. The molecule has 0 radical (unpaired) electrons. The zero-order chi connectivity index (χ0) is 23.2. The standard InChI is InChI=1S/C20H19ClN8O4/c21-14-1-6-17(30)13(11-14)12-22-27-19-24-18(23-15-2-4-16(5-3-15)29(31)32)25-20(26-19)28-7-9-33-10-8-28/h1-6,11-12,30H,7-10H2,(H2,23,24,25,26,27)/b22-12+. The van der Waals surface area contributed by atoms with Gasteiger partial charge in [-0.3, -0.25) is 10.1 Å². The second-order valence-corrected chi connectivity index (χ2v) is 7.32. The van der Waals surface area contributed by atoms with Gasteiger partial charge in [-0.25, -0.2) is 5.43 Å². The lowest BCUT2D eigenvalue weighted by molar-refractivity contribution is -0.384. The number of morpholine rings is 1. The van der Waals surface area contributed by atoms with Crippen molar-refractivity contribution in [2.75, 3.05) is 41.9 Å². The molecule has 0 unspecified atom stereocenters. The first kappa shape index (κ1) is 22.2. The second-order valence-electron chi connectivity index (χ2n) is 6.88. The summed E-state index contributed by atoms with van der Waals surface area (Å²) in [6.07, 6.45) is 1.39. The van der Waals surface area contributed by atoms with Crippen molar-refractivity contribution in [1.82, 2.24) is 15.0 Å². The Morgan fingerprint density at radius 1 is 1.12 bits per heavy atom. The molecule has 1 aliphatic rings. The summed E-state index contributed by atoms with van der Waals surface area (Å²) < 4.78 is 5.39. The maximum absolute atomic E-state index is 10.9. The number of benzene rings is 2. The molecule has 0 amide bonds. The maximum Gasteiger partial charge on any atom is 0.269 e. The van der Waals surface area contributed by atoms with E-state index in [0.717, 1.165) is 0 Å². The van der Waals surface area contributed by atoms with E-state index in [1.807, 2.05) is 4.90 Å². The number of phenols is 1. The van der Waals surface area contributed by atoms with Gasteiger partial charge in [-0.15, -0.1) is 0 Å². The van der Waals surface area contributed by atoms with Crippen LogP contribution in [0.1, 0.15) is 5.56 Å². The highest BCUT2D eigenvalue weighted by Gasteiger charge is 2.17. The van der Waals surface area contributed by atoms with Crippen molar-refractivity contribution in [2.45, 2.75) is 0 Å².